The highest BCUT2D eigenvalue weighted by Gasteiger charge is 2.20. The molecule has 1 aliphatic rings. The van der Waals surface area contributed by atoms with Crippen LogP contribution >= 0.6 is 0 Å². The maximum atomic E-state index is 12.1. The smallest absolute Gasteiger partial charge is 0.260 e. The molecule has 21 heavy (non-hydrogen) atoms. The normalized spacial score (nSPS) is 15.5. The number of carbonyl (C=O) groups is 1. The van der Waals surface area contributed by atoms with Gasteiger partial charge < -0.3 is 9.64 Å². The van der Waals surface area contributed by atoms with E-state index in [2.05, 4.69) is 11.0 Å². The van der Waals surface area contributed by atoms with Crippen LogP contribution in [0.5, 0.6) is 5.75 Å². The van der Waals surface area contributed by atoms with Crippen LogP contribution in [0.25, 0.3) is 0 Å². The maximum absolute atomic E-state index is 12.1. The zero-order chi connectivity index (χ0) is 15.1. The van der Waals surface area contributed by atoms with Crippen molar-refractivity contribution in [3.8, 4) is 11.8 Å². The monoisotopic (exact) mass is 287 g/mol. The van der Waals surface area contributed by atoms with Gasteiger partial charge in [0.1, 0.15) is 5.75 Å². The van der Waals surface area contributed by atoms with Crippen LogP contribution in [-0.2, 0) is 4.79 Å². The molecule has 0 radical (unpaired) electrons. The Kier molecular flexibility index (Phi) is 5.59. The molecule has 0 unspecified atom stereocenters. The Morgan fingerprint density at radius 2 is 2.10 bits per heavy atom. The van der Waals surface area contributed by atoms with Crippen molar-refractivity contribution in [1.29, 1.82) is 5.26 Å². The van der Waals surface area contributed by atoms with E-state index in [1.807, 2.05) is 36.1 Å². The topological polar surface area (TPSA) is 56.6 Å². The predicted molar refractivity (Wildman–Crippen MR) is 79.9 cm³/mol. The molecule has 0 atom stereocenters. The van der Waals surface area contributed by atoms with E-state index in [9.17, 15) is 4.79 Å². The van der Waals surface area contributed by atoms with Crippen molar-refractivity contribution >= 4 is 5.91 Å². The van der Waals surface area contributed by atoms with E-state index < -0.39 is 0 Å². The van der Waals surface area contributed by atoms with Gasteiger partial charge in [-0.05, 0) is 24.6 Å². The number of hydrogen-bond acceptors (Lipinski definition) is 4. The second kappa shape index (κ2) is 7.65. The summed E-state index contributed by atoms with van der Waals surface area (Å²) in [6.45, 7) is 5.95. The number of amides is 1. The van der Waals surface area contributed by atoms with Gasteiger partial charge >= 0.3 is 0 Å². The molecule has 0 bridgehead atoms. The lowest BCUT2D eigenvalue weighted by Gasteiger charge is -2.34. The van der Waals surface area contributed by atoms with Gasteiger partial charge in [0.25, 0.3) is 5.91 Å². The highest BCUT2D eigenvalue weighted by Crippen LogP contribution is 2.12. The van der Waals surface area contributed by atoms with Gasteiger partial charge in [-0.3, -0.25) is 9.69 Å². The van der Waals surface area contributed by atoms with Crippen LogP contribution < -0.4 is 4.74 Å². The third-order valence-corrected chi connectivity index (χ3v) is 3.62. The first kappa shape index (κ1) is 15.3. The lowest BCUT2D eigenvalue weighted by Crippen LogP contribution is -2.50. The average Bonchev–Trinajstić information content (AvgIpc) is 2.51. The van der Waals surface area contributed by atoms with Gasteiger partial charge in [0.05, 0.1) is 6.07 Å². The molecule has 1 aromatic rings. The van der Waals surface area contributed by atoms with Crippen molar-refractivity contribution in [3.63, 3.8) is 0 Å². The molecule has 0 aromatic heterocycles. The minimum atomic E-state index is 0.0245. The van der Waals surface area contributed by atoms with Crippen LogP contribution in [0, 0.1) is 18.3 Å². The fourth-order valence-corrected chi connectivity index (χ4v) is 2.37. The van der Waals surface area contributed by atoms with Crippen molar-refractivity contribution in [1.82, 2.24) is 9.80 Å². The van der Waals surface area contributed by atoms with Crippen LogP contribution in [0.1, 0.15) is 12.0 Å². The molecular formula is C16H21N3O2. The predicted octanol–water partition coefficient (Wildman–Crippen LogP) is 1.43. The van der Waals surface area contributed by atoms with E-state index in [1.165, 1.54) is 0 Å². The number of hydrogen-bond donors (Lipinski definition) is 0. The van der Waals surface area contributed by atoms with Crippen LogP contribution in [0.2, 0.25) is 0 Å². The Morgan fingerprint density at radius 1 is 1.33 bits per heavy atom. The van der Waals surface area contributed by atoms with Gasteiger partial charge in [0.15, 0.2) is 6.61 Å². The molecule has 1 aliphatic heterocycles. The molecule has 2 rings (SSSR count). The molecule has 0 saturated carbocycles. The third kappa shape index (κ3) is 4.76. The van der Waals surface area contributed by atoms with Crippen LogP contribution in [-0.4, -0.2) is 55.0 Å². The first-order valence-electron chi connectivity index (χ1n) is 7.25. The number of nitrogens with zero attached hydrogens (tertiary/aromatic N) is 3. The Morgan fingerprint density at radius 3 is 2.76 bits per heavy atom. The lowest BCUT2D eigenvalue weighted by atomic mass is 10.2. The molecule has 1 amide bonds. The zero-order valence-electron chi connectivity index (χ0n) is 12.4. The quantitative estimate of drug-likeness (QED) is 0.822. The first-order chi connectivity index (χ1) is 10.2. The second-order valence-electron chi connectivity index (χ2n) is 5.24. The second-order valence-corrected chi connectivity index (χ2v) is 5.24. The van der Waals surface area contributed by atoms with Crippen molar-refractivity contribution in [2.75, 3.05) is 39.3 Å². The Labute approximate surface area is 125 Å². The minimum Gasteiger partial charge on any atom is -0.484 e. The zero-order valence-corrected chi connectivity index (χ0v) is 12.4. The number of benzene rings is 1. The van der Waals surface area contributed by atoms with Crippen molar-refractivity contribution in [3.05, 3.63) is 29.8 Å². The van der Waals surface area contributed by atoms with E-state index in [0.717, 1.165) is 30.9 Å². The Balaban J connectivity index is 1.74. The number of ether oxygens (including phenoxy) is 1. The standard InChI is InChI=1S/C16H21N3O2/c1-14-4-2-5-15(12-14)21-13-16(20)19-10-8-18(9-11-19)7-3-6-17/h2,4-5,12H,3,7-11,13H2,1H3. The van der Waals surface area contributed by atoms with E-state index in [4.69, 9.17) is 10.00 Å². The van der Waals surface area contributed by atoms with Crippen LogP contribution in [0.3, 0.4) is 0 Å². The molecule has 1 aromatic carbocycles. The van der Waals surface area contributed by atoms with Gasteiger partial charge in [0, 0.05) is 39.1 Å². The highest BCUT2D eigenvalue weighted by molar-refractivity contribution is 5.77. The summed E-state index contributed by atoms with van der Waals surface area (Å²) < 4.78 is 5.55. The number of nitriles is 1. The summed E-state index contributed by atoms with van der Waals surface area (Å²) in [6, 6.07) is 9.85. The summed E-state index contributed by atoms with van der Waals surface area (Å²) in [6.07, 6.45) is 0.546. The number of aryl methyl sites for hydroxylation is 1. The van der Waals surface area contributed by atoms with Gasteiger partial charge in [-0.1, -0.05) is 12.1 Å². The lowest BCUT2D eigenvalue weighted by molar-refractivity contribution is -0.135. The number of carbonyl (C=O) groups excluding carboxylic acids is 1. The Hall–Kier alpha value is -2.06. The van der Waals surface area contributed by atoms with E-state index >= 15 is 0 Å². The highest BCUT2D eigenvalue weighted by atomic mass is 16.5. The summed E-state index contributed by atoms with van der Waals surface area (Å²) in [5.74, 6) is 0.757. The SMILES string of the molecule is Cc1cccc(OCC(=O)N2CCN(CCC#N)CC2)c1. The van der Waals surface area contributed by atoms with Gasteiger partial charge in [0.2, 0.25) is 0 Å². The fraction of sp³-hybridized carbons (Fsp3) is 0.500. The molecule has 0 spiro atoms. The molecule has 112 valence electrons. The molecule has 0 N–H and O–H groups in total. The molecule has 5 heteroatoms. The number of rotatable bonds is 5. The summed E-state index contributed by atoms with van der Waals surface area (Å²) in [7, 11) is 0. The van der Waals surface area contributed by atoms with Gasteiger partial charge in [-0.25, -0.2) is 0 Å². The van der Waals surface area contributed by atoms with E-state index in [1.54, 1.807) is 0 Å². The van der Waals surface area contributed by atoms with Crippen molar-refractivity contribution < 1.29 is 9.53 Å². The first-order valence-corrected chi connectivity index (χ1v) is 7.25. The summed E-state index contributed by atoms with van der Waals surface area (Å²) in [5, 5.41) is 8.58. The number of piperazine rings is 1. The minimum absolute atomic E-state index is 0.0245. The largest absolute Gasteiger partial charge is 0.484 e. The summed E-state index contributed by atoms with van der Waals surface area (Å²) in [4.78, 5) is 16.2. The molecule has 1 fully saturated rings. The Bertz CT molecular complexity index is 516. The molecule has 1 saturated heterocycles. The van der Waals surface area contributed by atoms with E-state index in [0.29, 0.717) is 19.5 Å². The van der Waals surface area contributed by atoms with Crippen LogP contribution in [0.4, 0.5) is 0 Å². The summed E-state index contributed by atoms with van der Waals surface area (Å²) in [5.41, 5.74) is 1.12. The van der Waals surface area contributed by atoms with Crippen LogP contribution in [0.15, 0.2) is 24.3 Å². The molecule has 1 heterocycles. The average molecular weight is 287 g/mol. The molecular weight excluding hydrogens is 266 g/mol. The fourth-order valence-electron chi connectivity index (χ4n) is 2.37. The van der Waals surface area contributed by atoms with E-state index in [-0.39, 0.29) is 12.5 Å². The third-order valence-electron chi connectivity index (χ3n) is 3.62. The maximum Gasteiger partial charge on any atom is 0.260 e. The molecule has 5 nitrogen and oxygen atoms in total. The van der Waals surface area contributed by atoms with Crippen molar-refractivity contribution in [2.45, 2.75) is 13.3 Å². The van der Waals surface area contributed by atoms with Gasteiger partial charge in [-0.2, -0.15) is 5.26 Å². The summed E-state index contributed by atoms with van der Waals surface area (Å²) >= 11 is 0. The van der Waals surface area contributed by atoms with Gasteiger partial charge in [-0.15, -0.1) is 0 Å². The van der Waals surface area contributed by atoms with Crippen molar-refractivity contribution in [2.24, 2.45) is 0 Å². The molecule has 0 aliphatic carbocycles.